The molecule has 0 unspecified atom stereocenters. The quantitative estimate of drug-likeness (QED) is 0.0383. The molecule has 3 atom stereocenters. The van der Waals surface area contributed by atoms with Gasteiger partial charge >= 0.3 is 17.9 Å². The molecule has 0 heterocycles. The van der Waals surface area contributed by atoms with E-state index in [0.717, 1.165) is 38.5 Å². The van der Waals surface area contributed by atoms with Gasteiger partial charge in [0.1, 0.15) is 24.2 Å². The maximum atomic E-state index is 13.5. The van der Waals surface area contributed by atoms with Gasteiger partial charge < -0.3 is 30.1 Å². The number of carboxylic acid groups (broad SMARTS) is 2. The van der Waals surface area contributed by atoms with Crippen LogP contribution in [0.5, 0.6) is 5.75 Å². The van der Waals surface area contributed by atoms with Gasteiger partial charge in [-0.25, -0.2) is 9.59 Å². The summed E-state index contributed by atoms with van der Waals surface area (Å²) in [6.07, 6.45) is 12.3. The molecule has 0 bridgehead atoms. The Morgan fingerprint density at radius 2 is 1.53 bits per heavy atom. The number of amides is 1. The number of allylic oxidation sites excluding steroid dienone is 1. The summed E-state index contributed by atoms with van der Waals surface area (Å²) in [5, 5.41) is 33.5. The van der Waals surface area contributed by atoms with Gasteiger partial charge in [-0.2, -0.15) is 0 Å². The van der Waals surface area contributed by atoms with Gasteiger partial charge in [0.2, 0.25) is 5.91 Å². The molecule has 49 heavy (non-hydrogen) atoms. The fourth-order valence-corrected chi connectivity index (χ4v) is 5.10. The third-order valence-electron chi connectivity index (χ3n) is 7.98. The van der Waals surface area contributed by atoms with Gasteiger partial charge in [-0.1, -0.05) is 82.6 Å². The Morgan fingerprint density at radius 1 is 0.898 bits per heavy atom. The minimum absolute atomic E-state index is 0.00269. The van der Waals surface area contributed by atoms with Crippen molar-refractivity contribution in [3.8, 4) is 17.6 Å². The van der Waals surface area contributed by atoms with E-state index in [2.05, 4.69) is 24.1 Å². The van der Waals surface area contributed by atoms with Crippen LogP contribution in [0.3, 0.4) is 0 Å². The molecular formula is C38H55NO10. The number of Topliss-reactive ketones (excluding diaryl/α,β-unsaturated/α-hetero) is 1. The highest BCUT2D eigenvalue weighted by Crippen LogP contribution is 2.26. The lowest BCUT2D eigenvalue weighted by atomic mass is 9.82. The van der Waals surface area contributed by atoms with Gasteiger partial charge in [-0.15, -0.1) is 5.92 Å². The van der Waals surface area contributed by atoms with Crippen LogP contribution in [-0.2, 0) is 35.1 Å². The molecule has 1 aromatic rings. The Morgan fingerprint density at radius 3 is 2.10 bits per heavy atom. The molecule has 1 amide bonds. The third-order valence-corrected chi connectivity index (χ3v) is 7.98. The first-order chi connectivity index (χ1) is 23.5. The molecule has 11 nitrogen and oxygen atoms in total. The summed E-state index contributed by atoms with van der Waals surface area (Å²) in [7, 11) is 0. The number of hydrogen-bond donors (Lipinski definition) is 4. The fourth-order valence-electron chi connectivity index (χ4n) is 5.10. The number of unbranched alkanes of at least 4 members (excludes halogenated alkanes) is 8. The van der Waals surface area contributed by atoms with Gasteiger partial charge in [-0.3, -0.25) is 14.4 Å². The van der Waals surface area contributed by atoms with Crippen LogP contribution in [0.4, 0.5) is 0 Å². The second-order valence-electron chi connectivity index (χ2n) is 12.2. The van der Waals surface area contributed by atoms with E-state index in [9.17, 15) is 39.3 Å². The summed E-state index contributed by atoms with van der Waals surface area (Å²) in [6.45, 7) is 5.78. The molecule has 0 saturated heterocycles. The molecule has 0 radical (unpaired) electrons. The molecule has 1 aromatic carbocycles. The molecule has 4 N–H and O–H groups in total. The molecule has 0 fully saturated rings. The van der Waals surface area contributed by atoms with Crippen molar-refractivity contribution < 1.29 is 48.8 Å². The van der Waals surface area contributed by atoms with Crippen LogP contribution in [0, 0.1) is 17.8 Å². The van der Waals surface area contributed by atoms with Gasteiger partial charge in [0.25, 0.3) is 0 Å². The lowest BCUT2D eigenvalue weighted by Gasteiger charge is -2.30. The number of ether oxygens (including phenoxy) is 2. The largest absolute Gasteiger partial charge is 0.481 e. The average molecular weight is 686 g/mol. The number of carboxylic acids is 2. The lowest BCUT2D eigenvalue weighted by Crippen LogP contribution is -2.55. The van der Waals surface area contributed by atoms with Crippen molar-refractivity contribution in [3.05, 3.63) is 42.0 Å². The monoisotopic (exact) mass is 685 g/mol. The molecule has 0 aliphatic heterocycles. The minimum Gasteiger partial charge on any atom is -0.481 e. The first-order valence-corrected chi connectivity index (χ1v) is 17.4. The molecule has 0 saturated carbocycles. The van der Waals surface area contributed by atoms with Crippen LogP contribution >= 0.6 is 0 Å². The molecular weight excluding hydrogens is 630 g/mol. The molecule has 0 aliphatic rings. The van der Waals surface area contributed by atoms with Crippen molar-refractivity contribution in [3.63, 3.8) is 0 Å². The Hall–Kier alpha value is -4.17. The Balaban J connectivity index is 2.94. The van der Waals surface area contributed by atoms with Crippen LogP contribution in [-0.4, -0.2) is 69.8 Å². The Kier molecular flexibility index (Phi) is 21.8. The van der Waals surface area contributed by atoms with Crippen molar-refractivity contribution in [2.24, 2.45) is 5.92 Å². The first-order valence-electron chi connectivity index (χ1n) is 17.4. The van der Waals surface area contributed by atoms with Gasteiger partial charge in [0.15, 0.2) is 5.60 Å². The fraction of sp³-hybridized carbons (Fsp3) is 0.605. The average Bonchev–Trinajstić information content (AvgIpc) is 3.06. The van der Waals surface area contributed by atoms with Gasteiger partial charge in [-0.05, 0) is 56.7 Å². The highest BCUT2D eigenvalue weighted by molar-refractivity contribution is 5.95. The summed E-state index contributed by atoms with van der Waals surface area (Å²) in [5.41, 5.74) is -2.34. The van der Waals surface area contributed by atoms with E-state index in [-0.39, 0.29) is 25.4 Å². The molecule has 272 valence electrons. The summed E-state index contributed by atoms with van der Waals surface area (Å²) in [6, 6.07) is 5.08. The van der Waals surface area contributed by atoms with Gasteiger partial charge in [0.05, 0.1) is 18.9 Å². The van der Waals surface area contributed by atoms with Crippen molar-refractivity contribution in [2.45, 2.75) is 129 Å². The molecule has 0 spiro atoms. The van der Waals surface area contributed by atoms with Crippen molar-refractivity contribution >= 4 is 29.6 Å². The van der Waals surface area contributed by atoms with Crippen molar-refractivity contribution in [2.75, 3.05) is 13.2 Å². The molecule has 1 rings (SSSR count). The summed E-state index contributed by atoms with van der Waals surface area (Å²) in [5.74, 6) is -0.778. The minimum atomic E-state index is -2.90. The van der Waals surface area contributed by atoms with E-state index in [0.29, 0.717) is 43.4 Å². The standard InChI is InChI=1S/C38H55NO10/c1-4-7-9-12-15-18-30(40)19-16-13-10-11-14-17-20-32(38(47,37(45)46)28-34(41)49-25-6-3)35(42)39-33(36(43)44)27-29-21-23-31(24-22-29)48-26-8-5-2/h17,20-24,32-33,47H,4,6-7,9-16,18-19,25-28H2,1-3H3,(H,39,42)(H,43,44)(H,45,46)/b20-17+/t32-,33+,38+/m1/s1. The van der Waals surface area contributed by atoms with E-state index < -0.39 is 47.8 Å². The molecule has 0 aliphatic carbocycles. The Bertz CT molecular complexity index is 1260. The maximum Gasteiger partial charge on any atom is 0.337 e. The van der Waals surface area contributed by atoms with Gasteiger partial charge in [0, 0.05) is 19.3 Å². The topological polar surface area (TPSA) is 177 Å². The number of carbonyl (C=O) groups is 5. The highest BCUT2D eigenvalue weighted by atomic mass is 16.5. The third kappa shape index (κ3) is 17.7. The van der Waals surface area contributed by atoms with E-state index >= 15 is 0 Å². The van der Waals surface area contributed by atoms with Crippen molar-refractivity contribution in [1.82, 2.24) is 5.32 Å². The number of benzene rings is 1. The smallest absolute Gasteiger partial charge is 0.337 e. The van der Waals surface area contributed by atoms with E-state index in [4.69, 9.17) is 9.47 Å². The van der Waals surface area contributed by atoms with E-state index in [1.54, 1.807) is 44.2 Å². The second kappa shape index (κ2) is 24.9. The number of nitrogens with one attached hydrogen (secondary N) is 1. The second-order valence-corrected chi connectivity index (χ2v) is 12.2. The maximum absolute atomic E-state index is 13.5. The SMILES string of the molecule is CC#CCOc1ccc(C[C@H](NC(=O)[C@@H](/C=C/CCCCCCC(=O)CCCCCCC)[C@@](O)(CC(=O)OCCC)C(=O)O)C(=O)O)cc1. The zero-order valence-corrected chi connectivity index (χ0v) is 29.3. The van der Waals surface area contributed by atoms with Crippen LogP contribution in [0.15, 0.2) is 36.4 Å². The first kappa shape index (κ1) is 42.9. The van der Waals surface area contributed by atoms with Crippen LogP contribution in [0.25, 0.3) is 0 Å². The predicted molar refractivity (Wildman–Crippen MR) is 186 cm³/mol. The predicted octanol–water partition coefficient (Wildman–Crippen LogP) is 5.80. The summed E-state index contributed by atoms with van der Waals surface area (Å²) < 4.78 is 10.5. The van der Waals surface area contributed by atoms with E-state index in [1.807, 2.05) is 0 Å². The number of rotatable bonds is 27. The summed E-state index contributed by atoms with van der Waals surface area (Å²) >= 11 is 0. The number of carbonyl (C=O) groups excluding carboxylic acids is 3. The number of hydrogen-bond acceptors (Lipinski definition) is 8. The van der Waals surface area contributed by atoms with Crippen LogP contribution in [0.2, 0.25) is 0 Å². The normalized spacial score (nSPS) is 13.4. The summed E-state index contributed by atoms with van der Waals surface area (Å²) in [4.78, 5) is 62.6. The number of aliphatic carboxylic acids is 2. The molecule has 11 heteroatoms. The zero-order valence-electron chi connectivity index (χ0n) is 29.3. The zero-order chi connectivity index (χ0) is 36.5. The molecule has 0 aromatic heterocycles. The lowest BCUT2D eigenvalue weighted by molar-refractivity contribution is -0.174. The van der Waals surface area contributed by atoms with Crippen LogP contribution < -0.4 is 10.1 Å². The number of ketones is 1. The number of aliphatic hydroxyl groups is 1. The highest BCUT2D eigenvalue weighted by Gasteiger charge is 2.49. The Labute approximate surface area is 290 Å². The number of esters is 1. The van der Waals surface area contributed by atoms with Crippen molar-refractivity contribution in [1.29, 1.82) is 0 Å². The van der Waals surface area contributed by atoms with Crippen LogP contribution in [0.1, 0.15) is 116 Å². The van der Waals surface area contributed by atoms with E-state index in [1.165, 1.54) is 18.9 Å².